The maximum atomic E-state index is 10.4. The van der Waals surface area contributed by atoms with Crippen LogP contribution in [0.3, 0.4) is 0 Å². The molecule has 51 heavy (non-hydrogen) atoms. The quantitative estimate of drug-likeness (QED) is 0.179. The van der Waals surface area contributed by atoms with Crippen molar-refractivity contribution in [3.8, 4) is 57.3 Å². The van der Waals surface area contributed by atoms with E-state index >= 15 is 0 Å². The van der Waals surface area contributed by atoms with Gasteiger partial charge in [0, 0.05) is 16.3 Å². The molecule has 1 heterocycles. The van der Waals surface area contributed by atoms with Crippen LogP contribution in [0.25, 0.3) is 82.4 Å². The Balaban J connectivity index is 1.27. The number of nitrogens with zero attached hydrogens (tertiary/aromatic N) is 4. The molecule has 0 radical (unpaired) electrons. The van der Waals surface area contributed by atoms with Crippen molar-refractivity contribution in [2.45, 2.75) is 0 Å². The van der Waals surface area contributed by atoms with Crippen LogP contribution in [0.2, 0.25) is 0 Å². The third-order valence-electron chi connectivity index (χ3n) is 9.88. The number of nitriles is 3. The molecule has 4 heteroatoms. The molecule has 0 unspecified atom stereocenters. The second-order valence-corrected chi connectivity index (χ2v) is 12.6. The SMILES string of the molecule is N#Cc1ccc2c(c1)c1cc(C#N)ccc1n2-c1c(C#N)cccc1-c1ccc(-c2c3ccccc3c(-c3ccccc3)c3ccccc23)cc1. The molecule has 1 aromatic heterocycles. The second-order valence-electron chi connectivity index (χ2n) is 12.6. The smallest absolute Gasteiger partial charge is 0.101 e. The van der Waals surface area contributed by atoms with E-state index in [2.05, 4.69) is 132 Å². The first-order chi connectivity index (χ1) is 25.2. The van der Waals surface area contributed by atoms with Gasteiger partial charge in [0.25, 0.3) is 0 Å². The summed E-state index contributed by atoms with van der Waals surface area (Å²) in [7, 11) is 0. The van der Waals surface area contributed by atoms with Gasteiger partial charge in [0.05, 0.1) is 45.5 Å². The Hall–Kier alpha value is -7.45. The zero-order valence-corrected chi connectivity index (χ0v) is 27.3. The molecule has 0 N–H and O–H groups in total. The van der Waals surface area contributed by atoms with Gasteiger partial charge in [-0.15, -0.1) is 0 Å². The Morgan fingerprint density at radius 1 is 0.373 bits per heavy atom. The first kappa shape index (κ1) is 29.7. The zero-order valence-electron chi connectivity index (χ0n) is 27.3. The summed E-state index contributed by atoms with van der Waals surface area (Å²) in [6.07, 6.45) is 0. The first-order valence-corrected chi connectivity index (χ1v) is 16.7. The maximum Gasteiger partial charge on any atom is 0.101 e. The Labute approximate surface area is 294 Å². The number of hydrogen-bond acceptors (Lipinski definition) is 3. The van der Waals surface area contributed by atoms with E-state index in [1.807, 2.05) is 36.4 Å². The fourth-order valence-electron chi connectivity index (χ4n) is 7.68. The molecule has 0 spiro atoms. The van der Waals surface area contributed by atoms with Crippen LogP contribution in [0.1, 0.15) is 16.7 Å². The number of aromatic nitrogens is 1. The highest BCUT2D eigenvalue weighted by Crippen LogP contribution is 2.44. The van der Waals surface area contributed by atoms with Gasteiger partial charge in [0.1, 0.15) is 6.07 Å². The summed E-state index contributed by atoms with van der Waals surface area (Å²) >= 11 is 0. The van der Waals surface area contributed by atoms with Gasteiger partial charge in [0.2, 0.25) is 0 Å². The van der Waals surface area contributed by atoms with E-state index in [9.17, 15) is 15.8 Å². The van der Waals surface area contributed by atoms with Crippen molar-refractivity contribution in [1.29, 1.82) is 15.8 Å². The predicted octanol–water partition coefficient (Wildman–Crippen LogP) is 11.7. The zero-order chi connectivity index (χ0) is 34.5. The Bertz CT molecular complexity index is 2860. The molecule has 0 fully saturated rings. The minimum Gasteiger partial charge on any atom is -0.307 e. The lowest BCUT2D eigenvalue weighted by molar-refractivity contribution is 1.17. The molecule has 0 aliphatic heterocycles. The molecule has 0 aliphatic carbocycles. The number of hydrogen-bond donors (Lipinski definition) is 0. The van der Waals surface area contributed by atoms with Gasteiger partial charge < -0.3 is 4.57 Å². The number of rotatable bonds is 4. The molecule has 0 saturated carbocycles. The highest BCUT2D eigenvalue weighted by molar-refractivity contribution is 6.21. The fourth-order valence-corrected chi connectivity index (χ4v) is 7.68. The molecule has 8 aromatic carbocycles. The van der Waals surface area contributed by atoms with Crippen molar-refractivity contribution in [2.24, 2.45) is 0 Å². The van der Waals surface area contributed by atoms with Crippen molar-refractivity contribution in [3.63, 3.8) is 0 Å². The van der Waals surface area contributed by atoms with Crippen molar-refractivity contribution in [2.75, 3.05) is 0 Å². The number of para-hydroxylation sites is 1. The average Bonchev–Trinajstić information content (AvgIpc) is 3.52. The summed E-state index contributed by atoms with van der Waals surface area (Å²) in [5.74, 6) is 0. The normalized spacial score (nSPS) is 11.1. The van der Waals surface area contributed by atoms with Gasteiger partial charge >= 0.3 is 0 Å². The Morgan fingerprint density at radius 2 is 0.843 bits per heavy atom. The predicted molar refractivity (Wildman–Crippen MR) is 206 cm³/mol. The summed E-state index contributed by atoms with van der Waals surface area (Å²) < 4.78 is 2.10. The van der Waals surface area contributed by atoms with Gasteiger partial charge in [0.15, 0.2) is 0 Å². The van der Waals surface area contributed by atoms with Gasteiger partial charge in [-0.3, -0.25) is 0 Å². The monoisotopic (exact) mass is 646 g/mol. The lowest BCUT2D eigenvalue weighted by Gasteiger charge is -2.18. The van der Waals surface area contributed by atoms with E-state index in [0.29, 0.717) is 16.7 Å². The summed E-state index contributed by atoms with van der Waals surface area (Å²) in [5, 5.41) is 36.3. The average molecular weight is 647 g/mol. The number of benzene rings is 8. The van der Waals surface area contributed by atoms with Crippen molar-refractivity contribution in [1.82, 2.24) is 4.57 Å². The van der Waals surface area contributed by atoms with Crippen LogP contribution in [0.4, 0.5) is 0 Å². The molecule has 9 rings (SSSR count). The van der Waals surface area contributed by atoms with Gasteiger partial charge in [-0.25, -0.2) is 0 Å². The molecule has 0 saturated heterocycles. The third kappa shape index (κ3) is 4.66. The molecule has 9 aromatic rings. The lowest BCUT2D eigenvalue weighted by atomic mass is 9.85. The van der Waals surface area contributed by atoms with Crippen molar-refractivity contribution in [3.05, 3.63) is 174 Å². The summed E-state index contributed by atoms with van der Waals surface area (Å²) in [6.45, 7) is 0. The second kappa shape index (κ2) is 11.9. The Morgan fingerprint density at radius 3 is 1.33 bits per heavy atom. The van der Waals surface area contributed by atoms with Gasteiger partial charge in [-0.2, -0.15) is 15.8 Å². The van der Waals surface area contributed by atoms with E-state index in [4.69, 9.17) is 0 Å². The molecule has 0 aliphatic rings. The summed E-state index contributed by atoms with van der Waals surface area (Å²) in [4.78, 5) is 0. The lowest BCUT2D eigenvalue weighted by Crippen LogP contribution is -2.01. The van der Waals surface area contributed by atoms with E-state index in [1.165, 1.54) is 38.2 Å². The van der Waals surface area contributed by atoms with E-state index in [1.54, 1.807) is 12.1 Å². The highest BCUT2D eigenvalue weighted by atomic mass is 15.0. The van der Waals surface area contributed by atoms with Crippen LogP contribution in [-0.4, -0.2) is 4.57 Å². The third-order valence-corrected chi connectivity index (χ3v) is 9.88. The van der Waals surface area contributed by atoms with Crippen LogP contribution in [-0.2, 0) is 0 Å². The fraction of sp³-hybridized carbons (Fsp3) is 0. The van der Waals surface area contributed by atoms with Crippen LogP contribution in [0.5, 0.6) is 0 Å². The van der Waals surface area contributed by atoms with Gasteiger partial charge in [-0.1, -0.05) is 115 Å². The highest BCUT2D eigenvalue weighted by Gasteiger charge is 2.21. The van der Waals surface area contributed by atoms with E-state index in [0.717, 1.165) is 44.2 Å². The van der Waals surface area contributed by atoms with Gasteiger partial charge in [-0.05, 0) is 91.8 Å². The van der Waals surface area contributed by atoms with Crippen LogP contribution >= 0.6 is 0 Å². The van der Waals surface area contributed by atoms with Crippen LogP contribution in [0, 0.1) is 34.0 Å². The molecule has 234 valence electrons. The topological polar surface area (TPSA) is 76.3 Å². The summed E-state index contributed by atoms with van der Waals surface area (Å²) in [6, 6.07) is 60.4. The van der Waals surface area contributed by atoms with E-state index < -0.39 is 0 Å². The molecular weight excluding hydrogens is 621 g/mol. The maximum absolute atomic E-state index is 10.4. The van der Waals surface area contributed by atoms with Crippen LogP contribution < -0.4 is 0 Å². The molecule has 0 bridgehead atoms. The molecular formula is C47H26N4. The number of fused-ring (bicyclic) bond motifs is 5. The molecule has 4 nitrogen and oxygen atoms in total. The van der Waals surface area contributed by atoms with E-state index in [-0.39, 0.29) is 0 Å². The summed E-state index contributed by atoms with van der Waals surface area (Å²) in [5.41, 5.74) is 10.6. The van der Waals surface area contributed by atoms with Crippen LogP contribution in [0.15, 0.2) is 158 Å². The molecule has 0 amide bonds. The first-order valence-electron chi connectivity index (χ1n) is 16.7. The molecule has 0 atom stereocenters. The Kier molecular flexibility index (Phi) is 6.93. The van der Waals surface area contributed by atoms with Crippen molar-refractivity contribution < 1.29 is 0 Å². The van der Waals surface area contributed by atoms with Crippen molar-refractivity contribution >= 4 is 43.4 Å². The minimum atomic E-state index is 0.526. The standard InChI is InChI=1S/C47H26N4/c48-27-30-17-23-43-41(25-30)42-26-31(28-49)18-24-44(42)51(43)47-35(29-50)11-8-16-36(47)32-19-21-34(22-20-32)46-39-14-6-4-12-37(39)45(33-9-2-1-3-10-33)38-13-5-7-15-40(38)46/h1-26H. The largest absolute Gasteiger partial charge is 0.307 e. The minimum absolute atomic E-state index is 0.526.